The first-order valence-electron chi connectivity index (χ1n) is 8.88. The van der Waals surface area contributed by atoms with E-state index in [1.54, 1.807) is 36.5 Å². The summed E-state index contributed by atoms with van der Waals surface area (Å²) in [6.07, 6.45) is 5.22. The van der Waals surface area contributed by atoms with Gasteiger partial charge in [0, 0.05) is 50.4 Å². The number of halogens is 1. The molecule has 1 saturated heterocycles. The molecule has 0 amide bonds. The maximum Gasteiger partial charge on any atom is 0.146 e. The van der Waals surface area contributed by atoms with Crippen molar-refractivity contribution in [3.05, 3.63) is 72.6 Å². The maximum absolute atomic E-state index is 14.0. The second kappa shape index (κ2) is 8.35. The summed E-state index contributed by atoms with van der Waals surface area (Å²) in [6.45, 7) is 3.15. The molecule has 1 fully saturated rings. The van der Waals surface area contributed by atoms with Crippen LogP contribution in [0.1, 0.15) is 5.56 Å². The number of para-hydroxylation sites is 1. The van der Waals surface area contributed by atoms with Crippen molar-refractivity contribution in [3.63, 3.8) is 0 Å². The Kier molecular flexibility index (Phi) is 5.48. The van der Waals surface area contributed by atoms with Gasteiger partial charge in [0.2, 0.25) is 0 Å². The van der Waals surface area contributed by atoms with Gasteiger partial charge in [0.1, 0.15) is 23.0 Å². The van der Waals surface area contributed by atoms with Crippen LogP contribution in [0.25, 0.3) is 0 Å². The average molecular weight is 381 g/mol. The van der Waals surface area contributed by atoms with E-state index in [9.17, 15) is 4.39 Å². The zero-order valence-electron chi connectivity index (χ0n) is 14.8. The van der Waals surface area contributed by atoms with Crippen molar-refractivity contribution in [2.75, 3.05) is 36.0 Å². The number of pyridine rings is 1. The minimum absolute atomic E-state index is 0.164. The number of hydrogen-bond acceptors (Lipinski definition) is 6. The Morgan fingerprint density at radius 3 is 2.44 bits per heavy atom. The second-order valence-corrected chi connectivity index (χ2v) is 7.28. The molecule has 0 atom stereocenters. The van der Waals surface area contributed by atoms with Crippen LogP contribution in [-0.2, 0) is 5.75 Å². The lowest BCUT2D eigenvalue weighted by molar-refractivity contribution is 0.595. The molecule has 0 saturated carbocycles. The first kappa shape index (κ1) is 17.7. The Morgan fingerprint density at radius 2 is 1.67 bits per heavy atom. The van der Waals surface area contributed by atoms with Gasteiger partial charge in [-0.25, -0.2) is 14.4 Å². The third kappa shape index (κ3) is 4.36. The largest absolute Gasteiger partial charge is 0.366 e. The van der Waals surface area contributed by atoms with Gasteiger partial charge < -0.3 is 9.80 Å². The molecular weight excluding hydrogens is 361 g/mol. The van der Waals surface area contributed by atoms with Crippen molar-refractivity contribution in [3.8, 4) is 0 Å². The van der Waals surface area contributed by atoms with Gasteiger partial charge in [-0.3, -0.25) is 4.98 Å². The number of rotatable bonds is 5. The fraction of sp³-hybridized carbons (Fsp3) is 0.250. The SMILES string of the molecule is Fc1ccccc1N1CCN(c2cc(SCc3ccncc3)ncn2)CC1. The highest BCUT2D eigenvalue weighted by Gasteiger charge is 2.20. The molecule has 4 rings (SSSR count). The second-order valence-electron chi connectivity index (χ2n) is 6.28. The zero-order valence-corrected chi connectivity index (χ0v) is 15.6. The molecule has 138 valence electrons. The van der Waals surface area contributed by atoms with E-state index in [1.807, 2.05) is 30.3 Å². The van der Waals surface area contributed by atoms with E-state index in [0.29, 0.717) is 5.69 Å². The van der Waals surface area contributed by atoms with Crippen molar-refractivity contribution in [1.82, 2.24) is 15.0 Å². The fourth-order valence-corrected chi connectivity index (χ4v) is 3.92. The number of hydrogen-bond donors (Lipinski definition) is 0. The lowest BCUT2D eigenvalue weighted by atomic mass is 10.2. The summed E-state index contributed by atoms with van der Waals surface area (Å²) in [5, 5.41) is 0.952. The van der Waals surface area contributed by atoms with Gasteiger partial charge >= 0.3 is 0 Å². The minimum Gasteiger partial charge on any atom is -0.366 e. The van der Waals surface area contributed by atoms with E-state index in [2.05, 4.69) is 24.8 Å². The highest BCUT2D eigenvalue weighted by atomic mass is 32.2. The van der Waals surface area contributed by atoms with Crippen LogP contribution in [0.3, 0.4) is 0 Å². The van der Waals surface area contributed by atoms with Crippen LogP contribution in [0.2, 0.25) is 0 Å². The van der Waals surface area contributed by atoms with E-state index in [4.69, 9.17) is 0 Å². The van der Waals surface area contributed by atoms with E-state index in [1.165, 1.54) is 11.6 Å². The fourth-order valence-electron chi connectivity index (χ4n) is 3.10. The average Bonchev–Trinajstić information content (AvgIpc) is 2.74. The van der Waals surface area contributed by atoms with Gasteiger partial charge in [-0.1, -0.05) is 12.1 Å². The van der Waals surface area contributed by atoms with Gasteiger partial charge in [0.25, 0.3) is 0 Å². The van der Waals surface area contributed by atoms with Crippen LogP contribution in [-0.4, -0.2) is 41.1 Å². The number of aromatic nitrogens is 3. The minimum atomic E-state index is -0.164. The first-order valence-corrected chi connectivity index (χ1v) is 9.86. The van der Waals surface area contributed by atoms with Crippen molar-refractivity contribution in [2.45, 2.75) is 10.8 Å². The Hall–Kier alpha value is -2.67. The Balaban J connectivity index is 1.38. The molecule has 1 aliphatic heterocycles. The van der Waals surface area contributed by atoms with Crippen LogP contribution in [0.5, 0.6) is 0 Å². The Labute approximate surface area is 162 Å². The first-order chi connectivity index (χ1) is 13.3. The standard InChI is InChI=1S/C20H20FN5S/c21-17-3-1-2-4-18(17)25-9-11-26(12-10-25)19-13-20(24-15-23-19)27-14-16-5-7-22-8-6-16/h1-8,13,15H,9-12,14H2. The lowest BCUT2D eigenvalue weighted by Gasteiger charge is -2.36. The van der Waals surface area contributed by atoms with Crippen LogP contribution >= 0.6 is 11.8 Å². The van der Waals surface area contributed by atoms with Crippen LogP contribution in [0.15, 0.2) is 66.2 Å². The number of anilines is 2. The molecule has 0 aliphatic carbocycles. The quantitative estimate of drug-likeness (QED) is 0.497. The molecule has 3 heterocycles. The van der Waals surface area contributed by atoms with Crippen LogP contribution < -0.4 is 9.80 Å². The molecule has 3 aromatic rings. The summed E-state index contributed by atoms with van der Waals surface area (Å²) in [7, 11) is 0. The monoisotopic (exact) mass is 381 g/mol. The molecule has 0 N–H and O–H groups in total. The summed E-state index contributed by atoms with van der Waals surface area (Å²) in [4.78, 5) is 17.2. The number of benzene rings is 1. The summed E-state index contributed by atoms with van der Waals surface area (Å²) in [5.41, 5.74) is 1.89. The molecule has 27 heavy (non-hydrogen) atoms. The molecule has 5 nitrogen and oxygen atoms in total. The maximum atomic E-state index is 14.0. The third-order valence-corrected chi connectivity index (χ3v) is 5.56. The van der Waals surface area contributed by atoms with Gasteiger partial charge in [0.15, 0.2) is 0 Å². The zero-order chi connectivity index (χ0) is 18.5. The predicted molar refractivity (Wildman–Crippen MR) is 107 cm³/mol. The molecule has 1 aliphatic rings. The van der Waals surface area contributed by atoms with Crippen molar-refractivity contribution >= 4 is 23.3 Å². The normalized spacial score (nSPS) is 14.4. The van der Waals surface area contributed by atoms with Crippen molar-refractivity contribution < 1.29 is 4.39 Å². The predicted octanol–water partition coefficient (Wildman–Crippen LogP) is 3.63. The molecule has 7 heteroatoms. The van der Waals surface area contributed by atoms with Gasteiger partial charge in [-0.2, -0.15) is 0 Å². The Bertz CT molecular complexity index is 884. The topological polar surface area (TPSA) is 45.2 Å². The smallest absolute Gasteiger partial charge is 0.146 e. The molecule has 0 bridgehead atoms. The van der Waals surface area contributed by atoms with Gasteiger partial charge in [0.05, 0.1) is 5.69 Å². The number of nitrogens with zero attached hydrogens (tertiary/aromatic N) is 5. The third-order valence-electron chi connectivity index (χ3n) is 4.56. The Morgan fingerprint density at radius 1 is 0.926 bits per heavy atom. The summed E-state index contributed by atoms with van der Waals surface area (Å²) in [5.74, 6) is 1.61. The lowest BCUT2D eigenvalue weighted by Crippen LogP contribution is -2.47. The highest BCUT2D eigenvalue weighted by Crippen LogP contribution is 2.25. The highest BCUT2D eigenvalue weighted by molar-refractivity contribution is 7.98. The van der Waals surface area contributed by atoms with Gasteiger partial charge in [-0.05, 0) is 29.8 Å². The van der Waals surface area contributed by atoms with Gasteiger partial charge in [-0.15, -0.1) is 11.8 Å². The van der Waals surface area contributed by atoms with Crippen molar-refractivity contribution in [1.29, 1.82) is 0 Å². The molecular formula is C20H20FN5S. The van der Waals surface area contributed by atoms with Crippen LogP contribution in [0.4, 0.5) is 15.9 Å². The van der Waals surface area contributed by atoms with E-state index >= 15 is 0 Å². The molecule has 1 aromatic carbocycles. The molecule has 0 radical (unpaired) electrons. The van der Waals surface area contributed by atoms with E-state index in [-0.39, 0.29) is 5.82 Å². The summed E-state index contributed by atoms with van der Waals surface area (Å²) < 4.78 is 14.0. The number of thioether (sulfide) groups is 1. The number of piperazine rings is 1. The summed E-state index contributed by atoms with van der Waals surface area (Å²) >= 11 is 1.69. The van der Waals surface area contributed by atoms with Crippen molar-refractivity contribution in [2.24, 2.45) is 0 Å². The molecule has 0 spiro atoms. The molecule has 2 aromatic heterocycles. The van der Waals surface area contributed by atoms with Crippen LogP contribution in [0, 0.1) is 5.82 Å². The summed E-state index contributed by atoms with van der Waals surface area (Å²) in [6, 6.07) is 13.0. The molecule has 0 unspecified atom stereocenters. The van der Waals surface area contributed by atoms with E-state index in [0.717, 1.165) is 42.8 Å². The van der Waals surface area contributed by atoms with E-state index < -0.39 is 0 Å².